The number of allylic oxidation sites excluding steroid dienone is 1. The minimum atomic E-state index is -0.932. The molecular formula is C26H35N3O3. The summed E-state index contributed by atoms with van der Waals surface area (Å²) in [5, 5.41) is 3.38. The number of amides is 2. The predicted octanol–water partition coefficient (Wildman–Crippen LogP) is 5.18. The Morgan fingerprint density at radius 3 is 2.69 bits per heavy atom. The Hall–Kier alpha value is -2.50. The van der Waals surface area contributed by atoms with Crippen LogP contribution in [0.3, 0.4) is 0 Å². The highest BCUT2D eigenvalue weighted by molar-refractivity contribution is 6.03. The SMILES string of the molecule is CC1(C(=O)NC2CCCCCCC2)Cn2c(cc3occc32)C(=O)N1C1CC=CCCC1. The molecule has 2 atom stereocenters. The van der Waals surface area contributed by atoms with Crippen LogP contribution in [0.15, 0.2) is 35.0 Å². The van der Waals surface area contributed by atoms with E-state index in [4.69, 9.17) is 4.42 Å². The first-order chi connectivity index (χ1) is 15.6. The van der Waals surface area contributed by atoms with Gasteiger partial charge in [-0.2, -0.15) is 0 Å². The van der Waals surface area contributed by atoms with Crippen LogP contribution in [0.1, 0.15) is 88.0 Å². The molecular weight excluding hydrogens is 402 g/mol. The molecule has 32 heavy (non-hydrogen) atoms. The van der Waals surface area contributed by atoms with Crippen molar-refractivity contribution in [2.24, 2.45) is 0 Å². The third-order valence-corrected chi connectivity index (χ3v) is 7.74. The monoisotopic (exact) mass is 437 g/mol. The molecule has 6 heteroatoms. The fourth-order valence-corrected chi connectivity index (χ4v) is 5.94. The van der Waals surface area contributed by atoms with E-state index in [0.717, 1.165) is 56.9 Å². The van der Waals surface area contributed by atoms with Crippen molar-refractivity contribution in [3.63, 3.8) is 0 Å². The Morgan fingerprint density at radius 2 is 1.88 bits per heavy atom. The molecule has 0 radical (unpaired) electrons. The summed E-state index contributed by atoms with van der Waals surface area (Å²) in [6.07, 6.45) is 18.0. The summed E-state index contributed by atoms with van der Waals surface area (Å²) in [5.74, 6) is -0.0705. The lowest BCUT2D eigenvalue weighted by Gasteiger charge is -2.48. The molecule has 3 heterocycles. The van der Waals surface area contributed by atoms with Gasteiger partial charge in [0.25, 0.3) is 5.91 Å². The van der Waals surface area contributed by atoms with Crippen LogP contribution in [-0.4, -0.2) is 38.9 Å². The molecule has 2 aliphatic carbocycles. The molecule has 0 spiro atoms. The second-order valence-corrected chi connectivity index (χ2v) is 10.0. The topological polar surface area (TPSA) is 67.5 Å². The normalized spacial score (nSPS) is 27.6. The Bertz CT molecular complexity index is 1010. The summed E-state index contributed by atoms with van der Waals surface area (Å²) < 4.78 is 7.58. The Kier molecular flexibility index (Phi) is 5.87. The van der Waals surface area contributed by atoms with Gasteiger partial charge >= 0.3 is 0 Å². The van der Waals surface area contributed by atoms with Gasteiger partial charge in [0.2, 0.25) is 5.91 Å². The summed E-state index contributed by atoms with van der Waals surface area (Å²) in [7, 11) is 0. The summed E-state index contributed by atoms with van der Waals surface area (Å²) in [5.41, 5.74) is 1.29. The molecule has 172 valence electrons. The lowest BCUT2D eigenvalue weighted by atomic mass is 9.89. The van der Waals surface area contributed by atoms with Gasteiger partial charge in [0.1, 0.15) is 11.2 Å². The molecule has 1 N–H and O–H groups in total. The van der Waals surface area contributed by atoms with Gasteiger partial charge in [-0.3, -0.25) is 9.59 Å². The van der Waals surface area contributed by atoms with Crippen LogP contribution >= 0.6 is 0 Å². The van der Waals surface area contributed by atoms with E-state index in [-0.39, 0.29) is 23.9 Å². The molecule has 5 rings (SSSR count). The Morgan fingerprint density at radius 1 is 1.09 bits per heavy atom. The minimum absolute atomic E-state index is 0.0133. The molecule has 1 aliphatic heterocycles. The van der Waals surface area contributed by atoms with Gasteiger partial charge in [-0.1, -0.05) is 44.3 Å². The largest absolute Gasteiger partial charge is 0.463 e. The summed E-state index contributed by atoms with van der Waals surface area (Å²) in [4.78, 5) is 29.7. The van der Waals surface area contributed by atoms with E-state index < -0.39 is 5.54 Å². The van der Waals surface area contributed by atoms with Gasteiger partial charge in [-0.05, 0) is 45.4 Å². The number of hydrogen-bond donors (Lipinski definition) is 1. The summed E-state index contributed by atoms with van der Waals surface area (Å²) in [6, 6.07) is 3.96. The maximum atomic E-state index is 13.9. The molecule has 6 nitrogen and oxygen atoms in total. The van der Waals surface area contributed by atoms with E-state index >= 15 is 0 Å². The van der Waals surface area contributed by atoms with Crippen molar-refractivity contribution >= 4 is 22.9 Å². The number of furan rings is 1. The van der Waals surface area contributed by atoms with Crippen molar-refractivity contribution < 1.29 is 14.0 Å². The second-order valence-electron chi connectivity index (χ2n) is 10.0. The summed E-state index contributed by atoms with van der Waals surface area (Å²) in [6.45, 7) is 2.42. The van der Waals surface area contributed by atoms with Crippen molar-refractivity contribution in [1.82, 2.24) is 14.8 Å². The number of aromatic nitrogens is 1. The molecule has 0 aromatic carbocycles. The van der Waals surface area contributed by atoms with Crippen LogP contribution in [0.4, 0.5) is 0 Å². The van der Waals surface area contributed by atoms with Crippen LogP contribution in [0.25, 0.3) is 11.1 Å². The smallest absolute Gasteiger partial charge is 0.271 e. The van der Waals surface area contributed by atoms with Crippen LogP contribution in [0.2, 0.25) is 0 Å². The molecule has 0 saturated heterocycles. The molecule has 1 saturated carbocycles. The average molecular weight is 438 g/mol. The van der Waals surface area contributed by atoms with Crippen LogP contribution < -0.4 is 5.32 Å². The Labute approximate surface area is 190 Å². The zero-order valence-corrected chi connectivity index (χ0v) is 19.1. The van der Waals surface area contributed by atoms with Crippen LogP contribution in [0, 0.1) is 0 Å². The zero-order valence-electron chi connectivity index (χ0n) is 19.1. The van der Waals surface area contributed by atoms with Crippen molar-refractivity contribution in [3.05, 3.63) is 36.2 Å². The number of nitrogens with zero attached hydrogens (tertiary/aromatic N) is 2. The lowest BCUT2D eigenvalue weighted by Crippen LogP contribution is -2.67. The third-order valence-electron chi connectivity index (χ3n) is 7.74. The van der Waals surface area contributed by atoms with Gasteiger partial charge in [0.05, 0.1) is 18.3 Å². The molecule has 3 aliphatic rings. The van der Waals surface area contributed by atoms with Gasteiger partial charge in [0, 0.05) is 24.2 Å². The van der Waals surface area contributed by atoms with E-state index in [0.29, 0.717) is 17.8 Å². The van der Waals surface area contributed by atoms with Gasteiger partial charge in [-0.25, -0.2) is 0 Å². The van der Waals surface area contributed by atoms with Crippen molar-refractivity contribution in [2.75, 3.05) is 0 Å². The maximum Gasteiger partial charge on any atom is 0.271 e. The summed E-state index contributed by atoms with van der Waals surface area (Å²) >= 11 is 0. The number of nitrogens with one attached hydrogen (secondary N) is 1. The molecule has 0 bridgehead atoms. The minimum Gasteiger partial charge on any atom is -0.463 e. The quantitative estimate of drug-likeness (QED) is 0.673. The van der Waals surface area contributed by atoms with Gasteiger partial charge < -0.3 is 19.2 Å². The first-order valence-corrected chi connectivity index (χ1v) is 12.4. The van der Waals surface area contributed by atoms with E-state index in [2.05, 4.69) is 17.5 Å². The number of hydrogen-bond acceptors (Lipinski definition) is 3. The highest BCUT2D eigenvalue weighted by Crippen LogP contribution is 2.36. The number of rotatable bonds is 3. The fraction of sp³-hybridized carbons (Fsp3) is 0.615. The van der Waals surface area contributed by atoms with Crippen molar-refractivity contribution in [3.8, 4) is 0 Å². The predicted molar refractivity (Wildman–Crippen MR) is 124 cm³/mol. The molecule has 2 unspecified atom stereocenters. The molecule has 2 amide bonds. The van der Waals surface area contributed by atoms with E-state index in [1.54, 1.807) is 6.26 Å². The lowest BCUT2D eigenvalue weighted by molar-refractivity contribution is -0.135. The van der Waals surface area contributed by atoms with Crippen molar-refractivity contribution in [1.29, 1.82) is 0 Å². The van der Waals surface area contributed by atoms with E-state index in [1.165, 1.54) is 19.3 Å². The van der Waals surface area contributed by atoms with Crippen molar-refractivity contribution in [2.45, 2.75) is 102 Å². The van der Waals surface area contributed by atoms with E-state index in [9.17, 15) is 9.59 Å². The highest BCUT2D eigenvalue weighted by Gasteiger charge is 2.50. The number of carbonyl (C=O) groups excluding carboxylic acids is 2. The fourth-order valence-electron chi connectivity index (χ4n) is 5.94. The maximum absolute atomic E-state index is 13.9. The van der Waals surface area contributed by atoms with E-state index in [1.807, 2.05) is 28.5 Å². The third kappa shape index (κ3) is 3.78. The van der Waals surface area contributed by atoms with Crippen LogP contribution in [-0.2, 0) is 11.3 Å². The number of carbonyl (C=O) groups is 2. The first kappa shape index (κ1) is 21.4. The zero-order chi connectivity index (χ0) is 22.1. The average Bonchev–Trinajstić information content (AvgIpc) is 3.24. The standard InChI is InChI=1S/C26H35N3O3/c1-26(25(31)27-19-11-7-3-2-4-8-12-19)18-28-21-15-16-32-23(21)17-22(28)24(30)29(26)20-13-9-5-6-10-14-20/h5,9,15-17,19-20H,2-4,6-8,10-14,18H2,1H3,(H,27,31). The van der Waals surface area contributed by atoms with Gasteiger partial charge in [0.15, 0.2) is 5.58 Å². The molecule has 2 aromatic rings. The molecule has 1 fully saturated rings. The molecule has 2 aromatic heterocycles. The second kappa shape index (κ2) is 8.80. The van der Waals surface area contributed by atoms with Gasteiger partial charge in [-0.15, -0.1) is 0 Å². The number of fused-ring (bicyclic) bond motifs is 3. The first-order valence-electron chi connectivity index (χ1n) is 12.4. The Balaban J connectivity index is 1.50. The highest BCUT2D eigenvalue weighted by atomic mass is 16.3. The van der Waals surface area contributed by atoms with Crippen LogP contribution in [0.5, 0.6) is 0 Å².